The van der Waals surface area contributed by atoms with E-state index in [0.29, 0.717) is 40.3 Å². The van der Waals surface area contributed by atoms with Crippen LogP contribution in [0.25, 0.3) is 11.3 Å². The number of nitriles is 1. The van der Waals surface area contributed by atoms with Gasteiger partial charge in [0.15, 0.2) is 11.4 Å². The summed E-state index contributed by atoms with van der Waals surface area (Å²) in [6.45, 7) is 0.471. The van der Waals surface area contributed by atoms with E-state index in [1.165, 1.54) is 0 Å². The van der Waals surface area contributed by atoms with Gasteiger partial charge in [0.05, 0.1) is 42.8 Å². The number of aliphatic hydroxyl groups is 1. The Balaban J connectivity index is 1.26. The highest BCUT2D eigenvalue weighted by atomic mass is 16.5. The van der Waals surface area contributed by atoms with Crippen molar-refractivity contribution in [2.24, 2.45) is 0 Å². The molecule has 2 aliphatic rings. The Morgan fingerprint density at radius 1 is 1.11 bits per heavy atom. The monoisotopic (exact) mass is 466 g/mol. The number of hydrogen-bond acceptors (Lipinski definition) is 8. The minimum absolute atomic E-state index is 0.235. The summed E-state index contributed by atoms with van der Waals surface area (Å²) < 4.78 is 13.3. The lowest BCUT2D eigenvalue weighted by Gasteiger charge is -2.35. The molecule has 4 heterocycles. The van der Waals surface area contributed by atoms with Crippen LogP contribution < -0.4 is 10.1 Å². The van der Waals surface area contributed by atoms with Crippen LogP contribution in [0.15, 0.2) is 67.1 Å². The van der Waals surface area contributed by atoms with Gasteiger partial charge in [-0.1, -0.05) is 12.1 Å². The van der Waals surface area contributed by atoms with E-state index < -0.39 is 5.60 Å². The first-order valence-electron chi connectivity index (χ1n) is 11.4. The molecule has 1 aromatic carbocycles. The van der Waals surface area contributed by atoms with Gasteiger partial charge in [0, 0.05) is 29.7 Å². The SMILES string of the molecule is N#Cc1cccc(-c2nn(C3CC3)cc2Oc2ccnc(Nc3ccnc(C4(O)COC4)c3)c2)c1. The topological polar surface area (TPSA) is 118 Å². The first kappa shape index (κ1) is 21.3. The van der Waals surface area contributed by atoms with E-state index in [1.54, 1.807) is 36.7 Å². The largest absolute Gasteiger partial charge is 0.453 e. The summed E-state index contributed by atoms with van der Waals surface area (Å²) >= 11 is 0. The van der Waals surface area contributed by atoms with Gasteiger partial charge in [0.2, 0.25) is 0 Å². The fourth-order valence-electron chi connectivity index (χ4n) is 3.94. The molecule has 174 valence electrons. The average Bonchev–Trinajstić information content (AvgIpc) is 3.63. The molecule has 9 heteroatoms. The molecule has 0 spiro atoms. The summed E-state index contributed by atoms with van der Waals surface area (Å²) in [4.78, 5) is 8.67. The van der Waals surface area contributed by atoms with Crippen molar-refractivity contribution in [1.82, 2.24) is 19.7 Å². The average molecular weight is 467 g/mol. The Morgan fingerprint density at radius 3 is 2.74 bits per heavy atom. The zero-order chi connectivity index (χ0) is 23.8. The molecule has 0 radical (unpaired) electrons. The maximum atomic E-state index is 10.5. The van der Waals surface area contributed by atoms with E-state index in [9.17, 15) is 10.4 Å². The van der Waals surface area contributed by atoms with Crippen LogP contribution in [0.1, 0.15) is 30.1 Å². The Morgan fingerprint density at radius 2 is 1.97 bits per heavy atom. The van der Waals surface area contributed by atoms with Crippen molar-refractivity contribution >= 4 is 11.5 Å². The van der Waals surface area contributed by atoms with Crippen molar-refractivity contribution in [3.05, 3.63) is 78.4 Å². The molecule has 0 unspecified atom stereocenters. The van der Waals surface area contributed by atoms with Gasteiger partial charge in [0.1, 0.15) is 17.3 Å². The highest BCUT2D eigenvalue weighted by molar-refractivity contribution is 5.68. The van der Waals surface area contributed by atoms with Crippen molar-refractivity contribution in [2.75, 3.05) is 18.5 Å². The number of aromatic nitrogens is 4. The number of benzene rings is 1. The Labute approximate surface area is 201 Å². The third-order valence-electron chi connectivity index (χ3n) is 6.03. The second-order valence-corrected chi connectivity index (χ2v) is 8.80. The predicted molar refractivity (Wildman–Crippen MR) is 127 cm³/mol. The molecule has 3 aromatic heterocycles. The van der Waals surface area contributed by atoms with Gasteiger partial charge in [-0.15, -0.1) is 0 Å². The maximum Gasteiger partial charge on any atom is 0.173 e. The number of hydrogen-bond donors (Lipinski definition) is 2. The Hall–Kier alpha value is -4.26. The summed E-state index contributed by atoms with van der Waals surface area (Å²) in [7, 11) is 0. The van der Waals surface area contributed by atoms with Crippen LogP contribution in [0.4, 0.5) is 11.5 Å². The first-order valence-corrected chi connectivity index (χ1v) is 11.4. The van der Waals surface area contributed by atoms with Gasteiger partial charge in [-0.25, -0.2) is 4.98 Å². The lowest BCUT2D eigenvalue weighted by Crippen LogP contribution is -2.47. The first-order chi connectivity index (χ1) is 17.1. The standard InChI is InChI=1S/C26H22N6O3/c27-13-17-2-1-3-18(10-17)25-22(14-32(31-25)20-4-5-20)35-21-7-9-29-24(12-21)30-19-6-8-28-23(11-19)26(33)15-34-16-26/h1-3,6-12,14,20,33H,4-5,15-16H2,(H,28,29,30). The van der Waals surface area contributed by atoms with Gasteiger partial charge in [-0.05, 0) is 43.2 Å². The van der Waals surface area contributed by atoms with Gasteiger partial charge >= 0.3 is 0 Å². The molecule has 0 atom stereocenters. The second kappa shape index (κ2) is 8.51. The van der Waals surface area contributed by atoms with Crippen LogP contribution >= 0.6 is 0 Å². The lowest BCUT2D eigenvalue weighted by molar-refractivity contribution is -0.186. The molecule has 1 aliphatic carbocycles. The Kier molecular flexibility index (Phi) is 5.17. The van der Waals surface area contributed by atoms with Gasteiger partial charge in [0.25, 0.3) is 0 Å². The van der Waals surface area contributed by atoms with Gasteiger partial charge in [-0.3, -0.25) is 9.67 Å². The van der Waals surface area contributed by atoms with E-state index in [4.69, 9.17) is 14.6 Å². The van der Waals surface area contributed by atoms with Crippen molar-refractivity contribution in [3.63, 3.8) is 0 Å². The molecule has 35 heavy (non-hydrogen) atoms. The molecule has 1 aliphatic heterocycles. The minimum Gasteiger partial charge on any atom is -0.453 e. The van der Waals surface area contributed by atoms with E-state index in [-0.39, 0.29) is 13.2 Å². The number of anilines is 2. The van der Waals surface area contributed by atoms with Crippen molar-refractivity contribution in [2.45, 2.75) is 24.5 Å². The minimum atomic E-state index is -1.04. The summed E-state index contributed by atoms with van der Waals surface area (Å²) in [5.74, 6) is 1.79. The van der Waals surface area contributed by atoms with Gasteiger partial charge < -0.3 is 19.9 Å². The number of ether oxygens (including phenoxy) is 2. The van der Waals surface area contributed by atoms with Crippen LogP contribution in [0.3, 0.4) is 0 Å². The van der Waals surface area contributed by atoms with Crippen molar-refractivity contribution in [3.8, 4) is 28.8 Å². The summed E-state index contributed by atoms with van der Waals surface area (Å²) in [5.41, 5.74) is 2.34. The van der Waals surface area contributed by atoms with Gasteiger partial charge in [-0.2, -0.15) is 10.4 Å². The highest BCUT2D eigenvalue weighted by Crippen LogP contribution is 2.40. The van der Waals surface area contributed by atoms with E-state index in [2.05, 4.69) is 21.4 Å². The zero-order valence-electron chi connectivity index (χ0n) is 18.8. The summed E-state index contributed by atoms with van der Waals surface area (Å²) in [6.07, 6.45) is 7.40. The Bertz CT molecular complexity index is 1440. The lowest BCUT2D eigenvalue weighted by atomic mass is 9.97. The molecule has 6 rings (SSSR count). The summed E-state index contributed by atoms with van der Waals surface area (Å²) in [6, 6.07) is 17.1. The number of nitrogens with zero attached hydrogens (tertiary/aromatic N) is 5. The van der Waals surface area contributed by atoms with Crippen molar-refractivity contribution < 1.29 is 14.6 Å². The second-order valence-electron chi connectivity index (χ2n) is 8.80. The maximum absolute atomic E-state index is 10.5. The molecule has 9 nitrogen and oxygen atoms in total. The van der Waals surface area contributed by atoms with E-state index in [1.807, 2.05) is 35.1 Å². The predicted octanol–water partition coefficient (Wildman–Crippen LogP) is 4.30. The quantitative estimate of drug-likeness (QED) is 0.414. The number of pyridine rings is 2. The van der Waals surface area contributed by atoms with Crippen molar-refractivity contribution in [1.29, 1.82) is 5.26 Å². The third-order valence-corrected chi connectivity index (χ3v) is 6.03. The highest BCUT2D eigenvalue weighted by Gasteiger charge is 2.39. The van der Waals surface area contributed by atoms with Crippen LogP contribution in [0, 0.1) is 11.3 Å². The molecule has 0 bridgehead atoms. The molecule has 4 aromatic rings. The third kappa shape index (κ3) is 4.33. The molecular weight excluding hydrogens is 444 g/mol. The van der Waals surface area contributed by atoms with Crippen LogP contribution in [-0.4, -0.2) is 38.1 Å². The normalized spacial score (nSPS) is 16.2. The molecule has 1 saturated carbocycles. The van der Waals surface area contributed by atoms with E-state index >= 15 is 0 Å². The molecular formula is C26H22N6O3. The molecule has 2 N–H and O–H groups in total. The van der Waals surface area contributed by atoms with Crippen LogP contribution in [0.2, 0.25) is 0 Å². The zero-order valence-corrected chi connectivity index (χ0v) is 18.8. The summed E-state index contributed by atoms with van der Waals surface area (Å²) in [5, 5.41) is 27.8. The van der Waals surface area contributed by atoms with Crippen LogP contribution in [-0.2, 0) is 10.3 Å². The fraction of sp³-hybridized carbons (Fsp3) is 0.231. The number of rotatable bonds is 7. The van der Waals surface area contributed by atoms with Crippen LogP contribution in [0.5, 0.6) is 11.5 Å². The molecule has 0 amide bonds. The number of nitrogens with one attached hydrogen (secondary N) is 1. The van der Waals surface area contributed by atoms with E-state index in [0.717, 1.165) is 24.1 Å². The fourth-order valence-corrected chi connectivity index (χ4v) is 3.94. The molecule has 1 saturated heterocycles. The smallest absolute Gasteiger partial charge is 0.173 e. The molecule has 2 fully saturated rings.